The third kappa shape index (κ3) is 15.2. The van der Waals surface area contributed by atoms with Crippen LogP contribution in [0, 0.1) is 0 Å². The predicted octanol–water partition coefficient (Wildman–Crippen LogP) is 7.82. The summed E-state index contributed by atoms with van der Waals surface area (Å²) in [5, 5.41) is 36.2. The standard InChI is InChI=1S/4C10H14O.Zr/c4*1-10(2,8-11)9-6-4-3-5-7-9;/h4*3-7,11H,8H2,1-2H3;. The molecule has 244 valence electrons. The maximum atomic E-state index is 9.05. The van der Waals surface area contributed by atoms with Crippen LogP contribution < -0.4 is 0 Å². The number of aliphatic hydroxyl groups excluding tert-OH is 4. The van der Waals surface area contributed by atoms with Crippen LogP contribution in [-0.2, 0) is 47.9 Å². The molecule has 0 aliphatic rings. The zero-order chi connectivity index (χ0) is 33.3. The summed E-state index contributed by atoms with van der Waals surface area (Å²) in [5.41, 5.74) is 4.29. The predicted molar refractivity (Wildman–Crippen MR) is 186 cm³/mol. The molecule has 0 heterocycles. The Morgan fingerprint density at radius 2 is 0.444 bits per heavy atom. The number of hydrogen-bond acceptors (Lipinski definition) is 4. The molecule has 0 atom stereocenters. The molecule has 0 aliphatic heterocycles. The zero-order valence-electron chi connectivity index (χ0n) is 28.7. The van der Waals surface area contributed by atoms with Gasteiger partial charge in [0.1, 0.15) is 0 Å². The van der Waals surface area contributed by atoms with Crippen molar-refractivity contribution in [2.24, 2.45) is 0 Å². The minimum absolute atomic E-state index is 0. The molecule has 4 nitrogen and oxygen atoms in total. The third-order valence-corrected chi connectivity index (χ3v) is 7.80. The van der Waals surface area contributed by atoms with Crippen molar-refractivity contribution in [1.82, 2.24) is 0 Å². The van der Waals surface area contributed by atoms with E-state index >= 15 is 0 Å². The quantitative estimate of drug-likeness (QED) is 0.152. The van der Waals surface area contributed by atoms with Crippen molar-refractivity contribution in [1.29, 1.82) is 0 Å². The van der Waals surface area contributed by atoms with Crippen molar-refractivity contribution >= 4 is 0 Å². The van der Waals surface area contributed by atoms with Crippen LogP contribution in [0.2, 0.25) is 0 Å². The fourth-order valence-corrected chi connectivity index (χ4v) is 3.92. The summed E-state index contributed by atoms with van der Waals surface area (Å²) in [6.07, 6.45) is 0. The molecule has 0 saturated heterocycles. The van der Waals surface area contributed by atoms with Gasteiger partial charge in [-0.25, -0.2) is 0 Å². The fourth-order valence-electron chi connectivity index (χ4n) is 3.92. The Balaban J connectivity index is 0.000000569. The molecule has 4 aromatic carbocycles. The molecule has 0 aromatic heterocycles. The van der Waals surface area contributed by atoms with Crippen molar-refractivity contribution in [3.8, 4) is 0 Å². The maximum Gasteiger partial charge on any atom is 0.0522 e. The molecule has 0 amide bonds. The molecule has 0 aliphatic carbocycles. The van der Waals surface area contributed by atoms with Crippen molar-refractivity contribution in [3.63, 3.8) is 0 Å². The van der Waals surface area contributed by atoms with Gasteiger partial charge in [-0.2, -0.15) is 0 Å². The molecule has 45 heavy (non-hydrogen) atoms. The Labute approximate surface area is 292 Å². The SMILES string of the molecule is CC(C)(CO)c1ccccc1.CC(C)(CO)c1ccccc1.CC(C)(CO)c1ccccc1.CC(C)(CO)c1ccccc1.[Zr]. The first-order valence-corrected chi connectivity index (χ1v) is 15.3. The van der Waals surface area contributed by atoms with Gasteiger partial charge in [0.05, 0.1) is 26.4 Å². The maximum absolute atomic E-state index is 9.05. The zero-order valence-corrected chi connectivity index (χ0v) is 31.1. The van der Waals surface area contributed by atoms with Crippen molar-refractivity contribution < 1.29 is 46.6 Å². The van der Waals surface area contributed by atoms with Crippen molar-refractivity contribution in [2.45, 2.75) is 77.0 Å². The molecule has 0 saturated carbocycles. The average molecular weight is 692 g/mol. The number of hydrogen-bond donors (Lipinski definition) is 4. The van der Waals surface area contributed by atoms with Gasteiger partial charge in [-0.15, -0.1) is 0 Å². The van der Waals surface area contributed by atoms with Gasteiger partial charge in [-0.05, 0) is 22.3 Å². The largest absolute Gasteiger partial charge is 0.395 e. The van der Waals surface area contributed by atoms with Crippen molar-refractivity contribution in [3.05, 3.63) is 144 Å². The molecule has 0 radical (unpaired) electrons. The van der Waals surface area contributed by atoms with E-state index in [0.717, 1.165) is 0 Å². The monoisotopic (exact) mass is 690 g/mol. The summed E-state index contributed by atoms with van der Waals surface area (Å²) >= 11 is 0. The van der Waals surface area contributed by atoms with Gasteiger partial charge in [0.15, 0.2) is 0 Å². The Kier molecular flexibility index (Phi) is 19.6. The fraction of sp³-hybridized carbons (Fsp3) is 0.400. The Hall–Kier alpha value is -2.40. The van der Waals surface area contributed by atoms with Crippen LogP contribution in [0.1, 0.15) is 77.6 Å². The first-order chi connectivity index (χ1) is 20.7. The van der Waals surface area contributed by atoms with E-state index < -0.39 is 0 Å². The van der Waals surface area contributed by atoms with E-state index in [1.807, 2.05) is 177 Å². The van der Waals surface area contributed by atoms with Gasteiger partial charge in [-0.3, -0.25) is 0 Å². The average Bonchev–Trinajstić information content (AvgIpc) is 3.07. The summed E-state index contributed by atoms with van der Waals surface area (Å²) in [7, 11) is 0. The summed E-state index contributed by atoms with van der Waals surface area (Å²) < 4.78 is 0. The number of benzene rings is 4. The smallest absolute Gasteiger partial charge is 0.0522 e. The van der Waals surface area contributed by atoms with Crippen LogP contribution in [0.5, 0.6) is 0 Å². The molecule has 4 N–H and O–H groups in total. The summed E-state index contributed by atoms with van der Waals surface area (Å²) in [5.74, 6) is 0. The van der Waals surface area contributed by atoms with E-state index in [0.29, 0.717) is 0 Å². The summed E-state index contributed by atoms with van der Waals surface area (Å²) in [6.45, 7) is 17.0. The Morgan fingerprint density at radius 3 is 0.556 bits per heavy atom. The van der Waals surface area contributed by atoms with Gasteiger partial charge in [0.2, 0.25) is 0 Å². The minimum atomic E-state index is -0.110. The first kappa shape index (κ1) is 42.6. The molecule has 0 bridgehead atoms. The van der Waals surface area contributed by atoms with E-state index in [1.165, 1.54) is 22.3 Å². The van der Waals surface area contributed by atoms with Gasteiger partial charge < -0.3 is 20.4 Å². The van der Waals surface area contributed by atoms with Crippen LogP contribution in [0.4, 0.5) is 0 Å². The third-order valence-electron chi connectivity index (χ3n) is 7.80. The van der Waals surface area contributed by atoms with E-state index in [4.69, 9.17) is 20.4 Å². The van der Waals surface area contributed by atoms with Crippen LogP contribution in [0.25, 0.3) is 0 Å². The van der Waals surface area contributed by atoms with Crippen LogP contribution in [0.15, 0.2) is 121 Å². The normalized spacial score (nSPS) is 11.3. The Morgan fingerprint density at radius 1 is 0.311 bits per heavy atom. The molecule has 5 heteroatoms. The number of rotatable bonds is 8. The van der Waals surface area contributed by atoms with Gasteiger partial charge >= 0.3 is 0 Å². The van der Waals surface area contributed by atoms with Gasteiger partial charge in [0, 0.05) is 47.9 Å². The van der Waals surface area contributed by atoms with Crippen LogP contribution >= 0.6 is 0 Å². The second-order valence-corrected chi connectivity index (χ2v) is 13.6. The van der Waals surface area contributed by atoms with Crippen LogP contribution in [0.3, 0.4) is 0 Å². The minimum Gasteiger partial charge on any atom is -0.395 e. The molecule has 0 unspecified atom stereocenters. The van der Waals surface area contributed by atoms with Crippen molar-refractivity contribution in [2.75, 3.05) is 26.4 Å². The second-order valence-electron chi connectivity index (χ2n) is 13.6. The number of aliphatic hydroxyl groups is 4. The Bertz CT molecular complexity index is 1070. The van der Waals surface area contributed by atoms with Gasteiger partial charge in [0.25, 0.3) is 0 Å². The first-order valence-electron chi connectivity index (χ1n) is 15.3. The van der Waals surface area contributed by atoms with E-state index in [2.05, 4.69) is 0 Å². The summed E-state index contributed by atoms with van der Waals surface area (Å²) in [6, 6.07) is 40.2. The van der Waals surface area contributed by atoms with Gasteiger partial charge in [-0.1, -0.05) is 177 Å². The molecule has 4 aromatic rings. The van der Waals surface area contributed by atoms with E-state index in [9.17, 15) is 0 Å². The molecule has 4 rings (SSSR count). The topological polar surface area (TPSA) is 80.9 Å². The van der Waals surface area contributed by atoms with Crippen LogP contribution in [-0.4, -0.2) is 46.9 Å². The second kappa shape index (κ2) is 20.7. The molecular weight excluding hydrogens is 636 g/mol. The molecular formula is C40H56O4Zr. The summed E-state index contributed by atoms with van der Waals surface area (Å²) in [4.78, 5) is 0. The molecule has 0 spiro atoms. The van der Waals surface area contributed by atoms with E-state index in [-0.39, 0.29) is 74.3 Å². The molecule has 0 fully saturated rings. The van der Waals surface area contributed by atoms with E-state index in [1.54, 1.807) is 0 Å².